The lowest BCUT2D eigenvalue weighted by Gasteiger charge is -2.32. The van der Waals surface area contributed by atoms with Crippen LogP contribution in [0.5, 0.6) is 0 Å². The molecule has 4 heterocycles. The first-order valence-electron chi connectivity index (χ1n) is 8.01. The molecule has 1 unspecified atom stereocenters. The smallest absolute Gasteiger partial charge is 0.180 e. The van der Waals surface area contributed by atoms with Crippen LogP contribution in [0.4, 0.5) is 5.82 Å². The van der Waals surface area contributed by atoms with E-state index in [1.54, 1.807) is 12.5 Å². The molecular formula is C18H18N6. The van der Waals surface area contributed by atoms with Crippen molar-refractivity contribution < 1.29 is 0 Å². The Hall–Kier alpha value is -2.89. The second-order valence-electron chi connectivity index (χ2n) is 6.12. The van der Waals surface area contributed by atoms with E-state index < -0.39 is 0 Å². The lowest BCUT2D eigenvalue weighted by Crippen LogP contribution is -2.34. The molecular weight excluding hydrogens is 300 g/mol. The zero-order valence-electron chi connectivity index (χ0n) is 13.7. The van der Waals surface area contributed by atoms with Gasteiger partial charge in [-0.2, -0.15) is 0 Å². The third-order valence-corrected chi connectivity index (χ3v) is 4.20. The number of fused-ring (bicyclic) bond motifs is 1. The summed E-state index contributed by atoms with van der Waals surface area (Å²) in [6.45, 7) is 5.81. The maximum Gasteiger partial charge on any atom is 0.180 e. The van der Waals surface area contributed by atoms with Crippen LogP contribution in [0.2, 0.25) is 0 Å². The molecule has 0 spiro atoms. The van der Waals surface area contributed by atoms with Crippen molar-refractivity contribution in [1.29, 1.82) is 0 Å². The molecule has 3 aromatic rings. The van der Waals surface area contributed by atoms with Crippen LogP contribution >= 0.6 is 0 Å². The number of hydrogen-bond donors (Lipinski definition) is 0. The van der Waals surface area contributed by atoms with Crippen molar-refractivity contribution >= 4 is 5.82 Å². The van der Waals surface area contributed by atoms with E-state index in [-0.39, 0.29) is 0 Å². The minimum atomic E-state index is 0.338. The van der Waals surface area contributed by atoms with Crippen molar-refractivity contribution in [3.8, 4) is 11.5 Å². The largest absolute Gasteiger partial charge is 0.351 e. The molecule has 0 amide bonds. The van der Waals surface area contributed by atoms with Gasteiger partial charge in [-0.05, 0) is 19.1 Å². The van der Waals surface area contributed by atoms with Crippen LogP contribution < -0.4 is 4.90 Å². The Morgan fingerprint density at radius 3 is 2.92 bits per heavy atom. The summed E-state index contributed by atoms with van der Waals surface area (Å²) in [5.41, 5.74) is 4.02. The summed E-state index contributed by atoms with van der Waals surface area (Å²) >= 11 is 0. The Bertz CT molecular complexity index is 864. The zero-order valence-corrected chi connectivity index (χ0v) is 13.7. The van der Waals surface area contributed by atoms with Crippen LogP contribution in [0.15, 0.2) is 43.0 Å². The molecule has 24 heavy (non-hydrogen) atoms. The monoisotopic (exact) mass is 318 g/mol. The highest BCUT2D eigenvalue weighted by Gasteiger charge is 2.25. The van der Waals surface area contributed by atoms with Gasteiger partial charge in [0.05, 0.1) is 5.69 Å². The van der Waals surface area contributed by atoms with Gasteiger partial charge in [0.1, 0.15) is 17.8 Å². The number of pyridine rings is 1. The van der Waals surface area contributed by atoms with E-state index in [2.05, 4.69) is 31.8 Å². The molecule has 0 saturated heterocycles. The molecule has 0 aliphatic carbocycles. The number of nitrogens with zero attached hydrogens (tertiary/aromatic N) is 6. The predicted molar refractivity (Wildman–Crippen MR) is 91.5 cm³/mol. The first-order valence-corrected chi connectivity index (χ1v) is 8.01. The van der Waals surface area contributed by atoms with Crippen LogP contribution in [-0.4, -0.2) is 31.5 Å². The van der Waals surface area contributed by atoms with Gasteiger partial charge < -0.3 is 4.90 Å². The molecule has 0 saturated carbocycles. The number of hydrogen-bond acceptors (Lipinski definition) is 6. The zero-order chi connectivity index (χ0) is 16.5. The normalized spacial score (nSPS) is 16.8. The average Bonchev–Trinajstić information content (AvgIpc) is 2.62. The Kier molecular flexibility index (Phi) is 3.65. The lowest BCUT2D eigenvalue weighted by atomic mass is 9.97. The van der Waals surface area contributed by atoms with Gasteiger partial charge in [0, 0.05) is 48.7 Å². The van der Waals surface area contributed by atoms with Crippen LogP contribution in [0, 0.1) is 6.92 Å². The fourth-order valence-electron chi connectivity index (χ4n) is 3.12. The summed E-state index contributed by atoms with van der Waals surface area (Å²) in [5.74, 6) is 1.92. The molecule has 0 radical (unpaired) electrons. The lowest BCUT2D eigenvalue weighted by molar-refractivity contribution is 0.610. The van der Waals surface area contributed by atoms with Crippen molar-refractivity contribution in [2.24, 2.45) is 0 Å². The second-order valence-corrected chi connectivity index (χ2v) is 6.12. The van der Waals surface area contributed by atoms with Crippen LogP contribution in [0.25, 0.3) is 11.5 Å². The molecule has 3 aromatic heterocycles. The molecule has 0 fully saturated rings. The summed E-state index contributed by atoms with van der Waals surface area (Å²) in [5, 5.41) is 0. The van der Waals surface area contributed by atoms with Gasteiger partial charge in [0.15, 0.2) is 5.82 Å². The van der Waals surface area contributed by atoms with E-state index in [4.69, 9.17) is 4.98 Å². The SMILES string of the molecule is Cc1cc(N2Cc3cncnc3C(C)C2)nc(-c2ccccn2)n1. The summed E-state index contributed by atoms with van der Waals surface area (Å²) in [6.07, 6.45) is 5.29. The van der Waals surface area contributed by atoms with E-state index in [0.29, 0.717) is 11.7 Å². The van der Waals surface area contributed by atoms with Crippen LogP contribution in [-0.2, 0) is 6.54 Å². The fourth-order valence-corrected chi connectivity index (χ4v) is 3.12. The first-order chi connectivity index (χ1) is 11.7. The highest BCUT2D eigenvalue weighted by Crippen LogP contribution is 2.29. The molecule has 6 nitrogen and oxygen atoms in total. The molecule has 1 atom stereocenters. The molecule has 120 valence electrons. The predicted octanol–water partition coefficient (Wildman–Crippen LogP) is 2.76. The molecule has 0 bridgehead atoms. The number of aryl methyl sites for hydroxylation is 1. The molecule has 0 aromatic carbocycles. The molecule has 1 aliphatic heterocycles. The quantitative estimate of drug-likeness (QED) is 0.724. The minimum Gasteiger partial charge on any atom is -0.351 e. The van der Waals surface area contributed by atoms with Gasteiger partial charge >= 0.3 is 0 Å². The standard InChI is InChI=1S/C18H18N6/c1-12-9-24(10-14-8-19-11-21-17(12)14)16-7-13(2)22-18(23-16)15-5-3-4-6-20-15/h3-8,11-12H,9-10H2,1-2H3. The highest BCUT2D eigenvalue weighted by molar-refractivity contribution is 5.54. The summed E-state index contributed by atoms with van der Waals surface area (Å²) in [7, 11) is 0. The van der Waals surface area contributed by atoms with Gasteiger partial charge in [0.2, 0.25) is 0 Å². The third-order valence-electron chi connectivity index (χ3n) is 4.20. The van der Waals surface area contributed by atoms with Crippen LogP contribution in [0.1, 0.15) is 29.8 Å². The molecule has 0 N–H and O–H groups in total. The second kappa shape index (κ2) is 5.96. The van der Waals surface area contributed by atoms with Gasteiger partial charge in [0.25, 0.3) is 0 Å². The van der Waals surface area contributed by atoms with Crippen molar-refractivity contribution in [3.05, 3.63) is 59.9 Å². The molecule has 6 heteroatoms. The van der Waals surface area contributed by atoms with E-state index in [0.717, 1.165) is 41.6 Å². The summed E-state index contributed by atoms with van der Waals surface area (Å²) in [4.78, 5) is 24.5. The van der Waals surface area contributed by atoms with Crippen LogP contribution in [0.3, 0.4) is 0 Å². The number of aromatic nitrogens is 5. The summed E-state index contributed by atoms with van der Waals surface area (Å²) in [6, 6.07) is 7.79. The topological polar surface area (TPSA) is 67.7 Å². The van der Waals surface area contributed by atoms with E-state index >= 15 is 0 Å². The van der Waals surface area contributed by atoms with Crippen molar-refractivity contribution in [1.82, 2.24) is 24.9 Å². The van der Waals surface area contributed by atoms with E-state index in [9.17, 15) is 0 Å². The molecule has 1 aliphatic rings. The van der Waals surface area contributed by atoms with Gasteiger partial charge in [-0.3, -0.25) is 4.98 Å². The Balaban J connectivity index is 1.72. The third kappa shape index (κ3) is 2.71. The minimum absolute atomic E-state index is 0.338. The van der Waals surface area contributed by atoms with Gasteiger partial charge in [-0.15, -0.1) is 0 Å². The van der Waals surface area contributed by atoms with Crippen molar-refractivity contribution in [2.45, 2.75) is 26.3 Å². The highest BCUT2D eigenvalue weighted by atomic mass is 15.2. The van der Waals surface area contributed by atoms with Gasteiger partial charge in [-0.25, -0.2) is 19.9 Å². The number of anilines is 1. The first kappa shape index (κ1) is 14.7. The van der Waals surface area contributed by atoms with E-state index in [1.165, 1.54) is 0 Å². The Morgan fingerprint density at radius 1 is 1.17 bits per heavy atom. The Morgan fingerprint density at radius 2 is 2.08 bits per heavy atom. The van der Waals surface area contributed by atoms with Crippen molar-refractivity contribution in [2.75, 3.05) is 11.4 Å². The van der Waals surface area contributed by atoms with Crippen molar-refractivity contribution in [3.63, 3.8) is 0 Å². The summed E-state index contributed by atoms with van der Waals surface area (Å²) < 4.78 is 0. The maximum absolute atomic E-state index is 4.75. The fraction of sp³-hybridized carbons (Fsp3) is 0.278. The maximum atomic E-state index is 4.75. The number of rotatable bonds is 2. The average molecular weight is 318 g/mol. The van der Waals surface area contributed by atoms with E-state index in [1.807, 2.05) is 37.4 Å². The Labute approximate surface area is 140 Å². The van der Waals surface area contributed by atoms with Gasteiger partial charge in [-0.1, -0.05) is 13.0 Å². The molecule has 4 rings (SSSR count).